The molecular formula is C14H30N2O. The highest BCUT2D eigenvalue weighted by molar-refractivity contribution is 4.73. The van der Waals surface area contributed by atoms with Crippen LogP contribution >= 0.6 is 0 Å². The molecule has 0 spiro atoms. The van der Waals surface area contributed by atoms with Crippen molar-refractivity contribution in [3.63, 3.8) is 0 Å². The van der Waals surface area contributed by atoms with Crippen LogP contribution in [0.25, 0.3) is 0 Å². The standard InChI is InChI=1S/C14H30N2O/c1-4-5-6-9-15-11-13(2)16(3)12-14-8-7-10-17-14/h13-15H,4-12H2,1-3H3. The largest absolute Gasteiger partial charge is 0.377 e. The van der Waals surface area contributed by atoms with Crippen molar-refractivity contribution in [3.8, 4) is 0 Å². The van der Waals surface area contributed by atoms with E-state index >= 15 is 0 Å². The van der Waals surface area contributed by atoms with Gasteiger partial charge in [-0.15, -0.1) is 0 Å². The third kappa shape index (κ3) is 6.39. The van der Waals surface area contributed by atoms with Gasteiger partial charge in [0.25, 0.3) is 0 Å². The van der Waals surface area contributed by atoms with E-state index in [0.717, 1.165) is 26.2 Å². The van der Waals surface area contributed by atoms with Crippen molar-refractivity contribution in [3.05, 3.63) is 0 Å². The van der Waals surface area contributed by atoms with Gasteiger partial charge in [0.15, 0.2) is 0 Å². The van der Waals surface area contributed by atoms with Gasteiger partial charge in [0.2, 0.25) is 0 Å². The Kier molecular flexibility index (Phi) is 7.82. The SMILES string of the molecule is CCCCCNCC(C)N(C)CC1CCCO1. The molecule has 17 heavy (non-hydrogen) atoms. The maximum atomic E-state index is 5.67. The zero-order valence-corrected chi connectivity index (χ0v) is 11.9. The van der Waals surface area contributed by atoms with E-state index in [9.17, 15) is 0 Å². The number of unbranched alkanes of at least 4 members (excludes halogenated alkanes) is 2. The van der Waals surface area contributed by atoms with Gasteiger partial charge in [-0.1, -0.05) is 19.8 Å². The Labute approximate surface area is 107 Å². The first-order chi connectivity index (χ1) is 8.24. The highest BCUT2D eigenvalue weighted by Crippen LogP contribution is 2.13. The van der Waals surface area contributed by atoms with Crippen LogP contribution in [0.15, 0.2) is 0 Å². The molecule has 102 valence electrons. The molecule has 0 aromatic heterocycles. The molecule has 1 rings (SSSR count). The van der Waals surface area contributed by atoms with E-state index in [1.165, 1.54) is 32.1 Å². The van der Waals surface area contributed by atoms with E-state index in [-0.39, 0.29) is 0 Å². The highest BCUT2D eigenvalue weighted by Gasteiger charge is 2.19. The summed E-state index contributed by atoms with van der Waals surface area (Å²) in [5, 5.41) is 3.54. The van der Waals surface area contributed by atoms with Crippen molar-refractivity contribution in [2.75, 3.05) is 33.3 Å². The Hall–Kier alpha value is -0.120. The topological polar surface area (TPSA) is 24.5 Å². The van der Waals surface area contributed by atoms with Gasteiger partial charge in [0.1, 0.15) is 0 Å². The molecule has 0 radical (unpaired) electrons. The molecule has 2 atom stereocenters. The number of nitrogens with one attached hydrogen (secondary N) is 1. The average molecular weight is 242 g/mol. The van der Waals surface area contributed by atoms with Gasteiger partial charge < -0.3 is 10.1 Å². The molecule has 0 saturated carbocycles. The number of rotatable bonds is 9. The molecule has 2 unspecified atom stereocenters. The smallest absolute Gasteiger partial charge is 0.0702 e. The van der Waals surface area contributed by atoms with Gasteiger partial charge in [-0.25, -0.2) is 0 Å². The molecular weight excluding hydrogens is 212 g/mol. The summed E-state index contributed by atoms with van der Waals surface area (Å²) in [5.41, 5.74) is 0. The van der Waals surface area contributed by atoms with Gasteiger partial charge in [-0.3, -0.25) is 4.90 Å². The summed E-state index contributed by atoms with van der Waals surface area (Å²) in [6.45, 7) is 8.83. The summed E-state index contributed by atoms with van der Waals surface area (Å²) in [4.78, 5) is 2.42. The van der Waals surface area contributed by atoms with Crippen LogP contribution in [0, 0.1) is 0 Å². The summed E-state index contributed by atoms with van der Waals surface area (Å²) >= 11 is 0. The molecule has 1 saturated heterocycles. The number of ether oxygens (including phenoxy) is 1. The Bertz CT molecular complexity index is 181. The maximum Gasteiger partial charge on any atom is 0.0702 e. The van der Waals surface area contributed by atoms with Gasteiger partial charge >= 0.3 is 0 Å². The first kappa shape index (κ1) is 14.9. The third-order valence-electron chi connectivity index (χ3n) is 3.66. The average Bonchev–Trinajstić information content (AvgIpc) is 2.81. The van der Waals surface area contributed by atoms with Crippen LogP contribution in [-0.4, -0.2) is 50.3 Å². The fourth-order valence-corrected chi connectivity index (χ4v) is 2.26. The van der Waals surface area contributed by atoms with E-state index in [0.29, 0.717) is 12.1 Å². The van der Waals surface area contributed by atoms with Crippen LogP contribution < -0.4 is 5.32 Å². The fraction of sp³-hybridized carbons (Fsp3) is 1.00. The van der Waals surface area contributed by atoms with Gasteiger partial charge in [-0.2, -0.15) is 0 Å². The third-order valence-corrected chi connectivity index (χ3v) is 3.66. The Morgan fingerprint density at radius 3 is 2.88 bits per heavy atom. The Morgan fingerprint density at radius 1 is 1.41 bits per heavy atom. The fourth-order valence-electron chi connectivity index (χ4n) is 2.26. The molecule has 0 aromatic carbocycles. The van der Waals surface area contributed by atoms with Gasteiger partial charge in [0, 0.05) is 25.7 Å². The van der Waals surface area contributed by atoms with Gasteiger partial charge in [0.05, 0.1) is 6.10 Å². The number of nitrogens with zero attached hydrogens (tertiary/aromatic N) is 1. The summed E-state index contributed by atoms with van der Waals surface area (Å²) in [6.07, 6.45) is 6.90. The lowest BCUT2D eigenvalue weighted by molar-refractivity contribution is 0.0704. The monoisotopic (exact) mass is 242 g/mol. The molecule has 1 fully saturated rings. The zero-order chi connectivity index (χ0) is 12.5. The molecule has 1 aliphatic heterocycles. The zero-order valence-electron chi connectivity index (χ0n) is 11.9. The van der Waals surface area contributed by atoms with Crippen molar-refractivity contribution in [1.82, 2.24) is 10.2 Å². The highest BCUT2D eigenvalue weighted by atomic mass is 16.5. The van der Waals surface area contributed by atoms with Crippen LogP contribution in [0.1, 0.15) is 46.0 Å². The second kappa shape index (κ2) is 8.90. The second-order valence-corrected chi connectivity index (χ2v) is 5.33. The molecule has 0 aliphatic carbocycles. The lowest BCUT2D eigenvalue weighted by Gasteiger charge is -2.27. The molecule has 1 heterocycles. The summed E-state index contributed by atoms with van der Waals surface area (Å²) in [7, 11) is 2.21. The number of likely N-dealkylation sites (N-methyl/N-ethyl adjacent to an activating group) is 1. The molecule has 0 amide bonds. The van der Waals surface area contributed by atoms with Gasteiger partial charge in [-0.05, 0) is 39.8 Å². The lowest BCUT2D eigenvalue weighted by Crippen LogP contribution is -2.41. The predicted octanol–water partition coefficient (Wildman–Crippen LogP) is 2.27. The molecule has 0 bridgehead atoms. The summed E-state index contributed by atoms with van der Waals surface area (Å²) in [6, 6.07) is 0.598. The molecule has 0 aromatic rings. The van der Waals surface area contributed by atoms with Crippen LogP contribution in [0.4, 0.5) is 0 Å². The molecule has 3 nitrogen and oxygen atoms in total. The van der Waals surface area contributed by atoms with Crippen molar-refractivity contribution >= 4 is 0 Å². The lowest BCUT2D eigenvalue weighted by atomic mass is 10.2. The first-order valence-electron chi connectivity index (χ1n) is 7.26. The molecule has 1 N–H and O–H groups in total. The van der Waals surface area contributed by atoms with E-state index < -0.39 is 0 Å². The summed E-state index contributed by atoms with van der Waals surface area (Å²) in [5.74, 6) is 0. The maximum absolute atomic E-state index is 5.67. The van der Waals surface area contributed by atoms with E-state index in [1.807, 2.05) is 0 Å². The van der Waals surface area contributed by atoms with Crippen LogP contribution in [0.2, 0.25) is 0 Å². The molecule has 1 aliphatic rings. The minimum Gasteiger partial charge on any atom is -0.377 e. The van der Waals surface area contributed by atoms with E-state index in [4.69, 9.17) is 4.74 Å². The number of hydrogen-bond donors (Lipinski definition) is 1. The molecule has 3 heteroatoms. The Balaban J connectivity index is 2.02. The normalized spacial score (nSPS) is 22.2. The Morgan fingerprint density at radius 2 is 2.24 bits per heavy atom. The first-order valence-corrected chi connectivity index (χ1v) is 7.26. The minimum atomic E-state index is 0.475. The quantitative estimate of drug-likeness (QED) is 0.628. The van der Waals surface area contributed by atoms with Crippen LogP contribution in [0.3, 0.4) is 0 Å². The van der Waals surface area contributed by atoms with E-state index in [1.54, 1.807) is 0 Å². The van der Waals surface area contributed by atoms with Crippen molar-refractivity contribution in [2.45, 2.75) is 58.1 Å². The second-order valence-electron chi connectivity index (χ2n) is 5.33. The van der Waals surface area contributed by atoms with Crippen molar-refractivity contribution in [1.29, 1.82) is 0 Å². The van der Waals surface area contributed by atoms with Crippen molar-refractivity contribution in [2.24, 2.45) is 0 Å². The summed E-state index contributed by atoms with van der Waals surface area (Å²) < 4.78 is 5.67. The minimum absolute atomic E-state index is 0.475. The van der Waals surface area contributed by atoms with Crippen LogP contribution in [0.5, 0.6) is 0 Å². The predicted molar refractivity (Wildman–Crippen MR) is 73.5 cm³/mol. The van der Waals surface area contributed by atoms with Crippen LogP contribution in [-0.2, 0) is 4.74 Å². The van der Waals surface area contributed by atoms with Crippen molar-refractivity contribution < 1.29 is 4.74 Å². The number of hydrogen-bond acceptors (Lipinski definition) is 3. The van der Waals surface area contributed by atoms with E-state index in [2.05, 4.69) is 31.1 Å².